The maximum atomic E-state index is 13.2. The van der Waals surface area contributed by atoms with Crippen molar-refractivity contribution in [3.05, 3.63) is 35.2 Å². The van der Waals surface area contributed by atoms with Crippen LogP contribution in [-0.2, 0) is 0 Å². The first-order chi connectivity index (χ1) is 6.29. The van der Waals surface area contributed by atoms with E-state index in [0.29, 0.717) is 5.56 Å². The molecule has 0 bridgehead atoms. The molecule has 1 aromatic rings. The number of halogens is 1. The standard InChI is InChI=1S/C11H12FN/c1-8-10(12)6-5-9-4-2-3-7-13-11(8)9/h2,4-6,13H,3,7H2,1H3. The third kappa shape index (κ3) is 1.44. The first-order valence-electron chi connectivity index (χ1n) is 4.48. The van der Waals surface area contributed by atoms with Gasteiger partial charge in [-0.3, -0.25) is 0 Å². The average Bonchev–Trinajstić information content (AvgIpc) is 2.36. The van der Waals surface area contributed by atoms with Gasteiger partial charge < -0.3 is 5.32 Å². The van der Waals surface area contributed by atoms with Gasteiger partial charge in [0.05, 0.1) is 0 Å². The van der Waals surface area contributed by atoms with E-state index in [2.05, 4.69) is 11.4 Å². The second kappa shape index (κ2) is 3.21. The number of nitrogens with one attached hydrogen (secondary N) is 1. The topological polar surface area (TPSA) is 12.0 Å². The molecule has 1 nitrogen and oxygen atoms in total. The van der Waals surface area contributed by atoms with Crippen molar-refractivity contribution < 1.29 is 4.39 Å². The molecule has 0 atom stereocenters. The van der Waals surface area contributed by atoms with Crippen molar-refractivity contribution in [2.45, 2.75) is 13.3 Å². The molecule has 1 heterocycles. The van der Waals surface area contributed by atoms with Crippen LogP contribution in [0.25, 0.3) is 6.08 Å². The van der Waals surface area contributed by atoms with Gasteiger partial charge in [-0.15, -0.1) is 0 Å². The molecule has 68 valence electrons. The minimum absolute atomic E-state index is 0.137. The normalized spacial score (nSPS) is 14.6. The van der Waals surface area contributed by atoms with E-state index in [4.69, 9.17) is 0 Å². The monoisotopic (exact) mass is 177 g/mol. The van der Waals surface area contributed by atoms with Crippen molar-refractivity contribution in [3.8, 4) is 0 Å². The Morgan fingerprint density at radius 2 is 2.23 bits per heavy atom. The zero-order chi connectivity index (χ0) is 9.26. The highest BCUT2D eigenvalue weighted by Crippen LogP contribution is 2.26. The molecule has 13 heavy (non-hydrogen) atoms. The minimum atomic E-state index is -0.137. The summed E-state index contributed by atoms with van der Waals surface area (Å²) < 4.78 is 13.2. The van der Waals surface area contributed by atoms with Gasteiger partial charge in [0.25, 0.3) is 0 Å². The Kier molecular flexibility index (Phi) is 2.05. The van der Waals surface area contributed by atoms with Crippen LogP contribution in [-0.4, -0.2) is 6.54 Å². The van der Waals surface area contributed by atoms with Crippen molar-refractivity contribution in [1.82, 2.24) is 0 Å². The number of hydrogen-bond acceptors (Lipinski definition) is 1. The van der Waals surface area contributed by atoms with E-state index < -0.39 is 0 Å². The second-order valence-electron chi connectivity index (χ2n) is 3.25. The van der Waals surface area contributed by atoms with Crippen molar-refractivity contribution in [2.75, 3.05) is 11.9 Å². The van der Waals surface area contributed by atoms with Crippen molar-refractivity contribution >= 4 is 11.8 Å². The molecule has 0 saturated heterocycles. The van der Waals surface area contributed by atoms with Crippen LogP contribution in [0.15, 0.2) is 18.2 Å². The van der Waals surface area contributed by atoms with Gasteiger partial charge >= 0.3 is 0 Å². The second-order valence-corrected chi connectivity index (χ2v) is 3.25. The van der Waals surface area contributed by atoms with Crippen LogP contribution in [0, 0.1) is 12.7 Å². The summed E-state index contributed by atoms with van der Waals surface area (Å²) in [5.41, 5.74) is 2.73. The van der Waals surface area contributed by atoms with E-state index in [9.17, 15) is 4.39 Å². The van der Waals surface area contributed by atoms with E-state index in [1.807, 2.05) is 12.1 Å². The quantitative estimate of drug-likeness (QED) is 0.642. The van der Waals surface area contributed by atoms with Crippen molar-refractivity contribution in [1.29, 1.82) is 0 Å². The van der Waals surface area contributed by atoms with Gasteiger partial charge in [0.2, 0.25) is 0 Å². The molecule has 2 heteroatoms. The lowest BCUT2D eigenvalue weighted by atomic mass is 10.1. The van der Waals surface area contributed by atoms with Gasteiger partial charge in [0.15, 0.2) is 0 Å². The Morgan fingerprint density at radius 3 is 3.08 bits per heavy atom. The van der Waals surface area contributed by atoms with Crippen LogP contribution in [0.5, 0.6) is 0 Å². The summed E-state index contributed by atoms with van der Waals surface area (Å²) in [6, 6.07) is 3.33. The van der Waals surface area contributed by atoms with Crippen molar-refractivity contribution in [2.24, 2.45) is 0 Å². The molecule has 1 aliphatic rings. The molecule has 1 aliphatic heterocycles. The summed E-state index contributed by atoms with van der Waals surface area (Å²) in [6.07, 6.45) is 5.15. The molecule has 0 aliphatic carbocycles. The fourth-order valence-corrected chi connectivity index (χ4v) is 1.57. The van der Waals surface area contributed by atoms with E-state index >= 15 is 0 Å². The first-order valence-corrected chi connectivity index (χ1v) is 4.48. The third-order valence-electron chi connectivity index (χ3n) is 2.34. The number of hydrogen-bond donors (Lipinski definition) is 1. The molecular weight excluding hydrogens is 165 g/mol. The lowest BCUT2D eigenvalue weighted by Gasteiger charge is -2.10. The van der Waals surface area contributed by atoms with Crippen LogP contribution in [0.3, 0.4) is 0 Å². The van der Waals surface area contributed by atoms with Gasteiger partial charge in [-0.05, 0) is 31.0 Å². The lowest BCUT2D eigenvalue weighted by molar-refractivity contribution is 0.619. The largest absolute Gasteiger partial charge is 0.384 e. The molecule has 1 aromatic carbocycles. The summed E-state index contributed by atoms with van der Waals surface area (Å²) in [4.78, 5) is 0. The predicted octanol–water partition coefficient (Wildman–Crippen LogP) is 2.96. The molecule has 0 amide bonds. The van der Waals surface area contributed by atoms with E-state index in [-0.39, 0.29) is 5.82 Å². The zero-order valence-electron chi connectivity index (χ0n) is 7.60. The van der Waals surface area contributed by atoms with Gasteiger partial charge in [0, 0.05) is 17.8 Å². The number of benzene rings is 1. The highest BCUT2D eigenvalue weighted by Gasteiger charge is 2.08. The molecule has 2 rings (SSSR count). The minimum Gasteiger partial charge on any atom is -0.384 e. The molecule has 0 spiro atoms. The Morgan fingerprint density at radius 1 is 1.38 bits per heavy atom. The average molecular weight is 177 g/mol. The van der Waals surface area contributed by atoms with Crippen LogP contribution in [0.2, 0.25) is 0 Å². The van der Waals surface area contributed by atoms with Gasteiger partial charge in [-0.25, -0.2) is 4.39 Å². The number of anilines is 1. The maximum Gasteiger partial charge on any atom is 0.128 e. The Labute approximate surface area is 77.3 Å². The van der Waals surface area contributed by atoms with Gasteiger partial charge in [-0.2, -0.15) is 0 Å². The number of fused-ring (bicyclic) bond motifs is 1. The van der Waals surface area contributed by atoms with Crippen molar-refractivity contribution in [3.63, 3.8) is 0 Å². The van der Waals surface area contributed by atoms with Gasteiger partial charge in [0.1, 0.15) is 5.82 Å². The maximum absolute atomic E-state index is 13.2. The molecule has 0 saturated carbocycles. The smallest absolute Gasteiger partial charge is 0.128 e. The fourth-order valence-electron chi connectivity index (χ4n) is 1.57. The van der Waals surface area contributed by atoms with Crippen LogP contribution < -0.4 is 5.32 Å². The molecule has 0 aromatic heterocycles. The van der Waals surface area contributed by atoms with E-state index in [0.717, 1.165) is 24.2 Å². The predicted molar refractivity (Wildman–Crippen MR) is 53.3 cm³/mol. The Bertz CT molecular complexity index is 355. The summed E-state index contributed by atoms with van der Waals surface area (Å²) >= 11 is 0. The first kappa shape index (κ1) is 8.30. The molecule has 0 radical (unpaired) electrons. The summed E-state index contributed by atoms with van der Waals surface area (Å²) in [5.74, 6) is -0.137. The van der Waals surface area contributed by atoms with Crippen LogP contribution >= 0.6 is 0 Å². The molecule has 1 N–H and O–H groups in total. The number of rotatable bonds is 0. The van der Waals surface area contributed by atoms with Gasteiger partial charge in [-0.1, -0.05) is 12.2 Å². The van der Waals surface area contributed by atoms with E-state index in [1.54, 1.807) is 6.92 Å². The molecule has 0 unspecified atom stereocenters. The lowest BCUT2D eigenvalue weighted by Crippen LogP contribution is -2.02. The fraction of sp³-hybridized carbons (Fsp3) is 0.273. The van der Waals surface area contributed by atoms with E-state index in [1.165, 1.54) is 6.07 Å². The third-order valence-corrected chi connectivity index (χ3v) is 2.34. The summed E-state index contributed by atoms with van der Waals surface area (Å²) in [6.45, 7) is 2.69. The summed E-state index contributed by atoms with van der Waals surface area (Å²) in [7, 11) is 0. The highest BCUT2D eigenvalue weighted by molar-refractivity contribution is 5.71. The SMILES string of the molecule is Cc1c(F)ccc2c1NCCC=C2. The summed E-state index contributed by atoms with van der Waals surface area (Å²) in [5, 5.41) is 3.23. The molecule has 0 fully saturated rings. The highest BCUT2D eigenvalue weighted by atomic mass is 19.1. The zero-order valence-corrected chi connectivity index (χ0v) is 7.60. The Hall–Kier alpha value is -1.31. The molecular formula is C11H12FN. The Balaban J connectivity index is 2.57. The van der Waals surface area contributed by atoms with Crippen LogP contribution in [0.1, 0.15) is 17.5 Å². The van der Waals surface area contributed by atoms with Crippen LogP contribution in [0.4, 0.5) is 10.1 Å².